The molecule has 0 spiro atoms. The highest BCUT2D eigenvalue weighted by Crippen LogP contribution is 2.29. The van der Waals surface area contributed by atoms with Crippen molar-refractivity contribution in [1.82, 2.24) is 4.31 Å². The predicted octanol–water partition coefficient (Wildman–Crippen LogP) is 3.02. The van der Waals surface area contributed by atoms with Crippen molar-refractivity contribution in [3.05, 3.63) is 18.2 Å². The van der Waals surface area contributed by atoms with Crippen LogP contribution in [-0.4, -0.2) is 52.0 Å². The number of morpholine rings is 1. The van der Waals surface area contributed by atoms with Crippen molar-refractivity contribution in [2.75, 3.05) is 38.7 Å². The van der Waals surface area contributed by atoms with Gasteiger partial charge in [-0.2, -0.15) is 4.31 Å². The number of carbonyl (C=O) groups excluding carboxylic acids is 1. The van der Waals surface area contributed by atoms with Gasteiger partial charge in [-0.15, -0.1) is 0 Å². The molecular formula is C19H30N2O5S. The Morgan fingerprint density at radius 3 is 2.56 bits per heavy atom. The van der Waals surface area contributed by atoms with Crippen LogP contribution >= 0.6 is 0 Å². The molecule has 152 valence electrons. The van der Waals surface area contributed by atoms with Crippen LogP contribution in [0.5, 0.6) is 5.75 Å². The molecule has 1 aliphatic heterocycles. The summed E-state index contributed by atoms with van der Waals surface area (Å²) in [6, 6.07) is 4.55. The Kier molecular flexibility index (Phi) is 8.53. The largest absolute Gasteiger partial charge is 0.495 e. The van der Waals surface area contributed by atoms with E-state index >= 15 is 0 Å². The molecule has 27 heavy (non-hydrogen) atoms. The van der Waals surface area contributed by atoms with E-state index in [2.05, 4.69) is 12.2 Å². The highest BCUT2D eigenvalue weighted by atomic mass is 32.2. The van der Waals surface area contributed by atoms with Gasteiger partial charge in [0.25, 0.3) is 0 Å². The topological polar surface area (TPSA) is 84.9 Å². The lowest BCUT2D eigenvalue weighted by molar-refractivity contribution is -0.116. The molecule has 0 aliphatic carbocycles. The fraction of sp³-hybridized carbons (Fsp3) is 0.632. The summed E-state index contributed by atoms with van der Waals surface area (Å²) in [5, 5.41) is 2.80. The molecule has 0 atom stereocenters. The summed E-state index contributed by atoms with van der Waals surface area (Å²) in [4.78, 5) is 12.4. The molecule has 0 saturated carbocycles. The van der Waals surface area contributed by atoms with Crippen molar-refractivity contribution in [2.45, 2.75) is 50.3 Å². The molecule has 0 unspecified atom stereocenters. The van der Waals surface area contributed by atoms with Crippen molar-refractivity contribution in [2.24, 2.45) is 0 Å². The van der Waals surface area contributed by atoms with Crippen LogP contribution < -0.4 is 10.1 Å². The number of unbranched alkanes of at least 4 members (excludes halogenated alkanes) is 4. The average Bonchev–Trinajstić information content (AvgIpc) is 2.68. The second-order valence-corrected chi connectivity index (χ2v) is 8.53. The first-order valence-corrected chi connectivity index (χ1v) is 11.0. The van der Waals surface area contributed by atoms with E-state index in [1.165, 1.54) is 30.0 Å². The van der Waals surface area contributed by atoms with Gasteiger partial charge in [0.15, 0.2) is 0 Å². The number of nitrogens with zero attached hydrogens (tertiary/aromatic N) is 1. The van der Waals surface area contributed by atoms with E-state index in [9.17, 15) is 13.2 Å². The van der Waals surface area contributed by atoms with Gasteiger partial charge in [0, 0.05) is 19.5 Å². The van der Waals surface area contributed by atoms with Gasteiger partial charge in [-0.05, 0) is 24.6 Å². The van der Waals surface area contributed by atoms with E-state index in [0.717, 1.165) is 25.7 Å². The molecular weight excluding hydrogens is 368 g/mol. The van der Waals surface area contributed by atoms with Crippen LogP contribution in [0, 0.1) is 0 Å². The minimum atomic E-state index is -3.63. The molecule has 0 bridgehead atoms. The maximum absolute atomic E-state index is 12.8. The third kappa shape index (κ3) is 6.19. The van der Waals surface area contributed by atoms with E-state index in [1.54, 1.807) is 6.07 Å². The summed E-state index contributed by atoms with van der Waals surface area (Å²) < 4.78 is 37.5. The van der Waals surface area contributed by atoms with Crippen LogP contribution in [0.25, 0.3) is 0 Å². The van der Waals surface area contributed by atoms with Crippen molar-refractivity contribution < 1.29 is 22.7 Å². The van der Waals surface area contributed by atoms with Crippen LogP contribution in [0.1, 0.15) is 45.4 Å². The van der Waals surface area contributed by atoms with Crippen LogP contribution in [0.2, 0.25) is 0 Å². The maximum Gasteiger partial charge on any atom is 0.243 e. The minimum absolute atomic E-state index is 0.134. The molecule has 1 heterocycles. The Hall–Kier alpha value is -1.64. The quantitative estimate of drug-likeness (QED) is 0.613. The molecule has 1 saturated heterocycles. The molecule has 0 aromatic heterocycles. The van der Waals surface area contributed by atoms with Crippen molar-refractivity contribution in [3.8, 4) is 5.75 Å². The van der Waals surface area contributed by atoms with Gasteiger partial charge in [-0.1, -0.05) is 32.6 Å². The van der Waals surface area contributed by atoms with E-state index in [-0.39, 0.29) is 10.8 Å². The van der Waals surface area contributed by atoms with Gasteiger partial charge in [0.2, 0.25) is 15.9 Å². The normalized spacial score (nSPS) is 15.5. The number of rotatable bonds is 10. The molecule has 1 aromatic rings. The monoisotopic (exact) mass is 398 g/mol. The zero-order chi connectivity index (χ0) is 19.7. The second kappa shape index (κ2) is 10.6. The molecule has 1 amide bonds. The summed E-state index contributed by atoms with van der Waals surface area (Å²) in [6.07, 6.45) is 5.71. The van der Waals surface area contributed by atoms with Crippen molar-refractivity contribution >= 4 is 21.6 Å². The molecule has 1 fully saturated rings. The Bertz CT molecular complexity index is 715. The number of ether oxygens (including phenoxy) is 2. The Labute approximate surface area is 162 Å². The molecule has 1 aliphatic rings. The molecule has 1 aromatic carbocycles. The maximum atomic E-state index is 12.8. The lowest BCUT2D eigenvalue weighted by Gasteiger charge is -2.26. The first-order valence-electron chi connectivity index (χ1n) is 9.55. The molecule has 8 heteroatoms. The zero-order valence-corrected chi connectivity index (χ0v) is 17.0. The SMILES string of the molecule is CCCCCCCC(=O)Nc1cc(S(=O)(=O)N2CCOCC2)ccc1OC. The number of sulfonamides is 1. The third-order valence-electron chi connectivity index (χ3n) is 4.56. The van der Waals surface area contributed by atoms with E-state index < -0.39 is 10.0 Å². The Morgan fingerprint density at radius 1 is 1.19 bits per heavy atom. The van der Waals surface area contributed by atoms with E-state index in [0.29, 0.717) is 44.2 Å². The smallest absolute Gasteiger partial charge is 0.243 e. The standard InChI is InChI=1S/C19H30N2O5S/c1-3-4-5-6-7-8-19(22)20-17-15-16(9-10-18(17)25-2)27(23,24)21-11-13-26-14-12-21/h9-10,15H,3-8,11-14H2,1-2H3,(H,20,22). The number of hydrogen-bond donors (Lipinski definition) is 1. The van der Waals surface area contributed by atoms with Crippen LogP contribution in [0.3, 0.4) is 0 Å². The molecule has 2 rings (SSSR count). The third-order valence-corrected chi connectivity index (χ3v) is 6.45. The summed E-state index contributed by atoms with van der Waals surface area (Å²) in [6.45, 7) is 3.58. The number of methoxy groups -OCH3 is 1. The highest BCUT2D eigenvalue weighted by Gasteiger charge is 2.27. The first-order chi connectivity index (χ1) is 13.0. The summed E-state index contributed by atoms with van der Waals surface area (Å²) in [5.74, 6) is 0.306. The highest BCUT2D eigenvalue weighted by molar-refractivity contribution is 7.89. The number of amides is 1. The van der Waals surface area contributed by atoms with Gasteiger partial charge in [0.05, 0.1) is 30.9 Å². The van der Waals surface area contributed by atoms with Crippen LogP contribution in [-0.2, 0) is 19.6 Å². The average molecular weight is 399 g/mol. The Balaban J connectivity index is 2.07. The summed E-state index contributed by atoms with van der Waals surface area (Å²) in [5.41, 5.74) is 0.380. The fourth-order valence-electron chi connectivity index (χ4n) is 2.98. The number of anilines is 1. The summed E-state index contributed by atoms with van der Waals surface area (Å²) in [7, 11) is -2.13. The number of hydrogen-bond acceptors (Lipinski definition) is 5. The van der Waals surface area contributed by atoms with E-state index in [4.69, 9.17) is 9.47 Å². The first kappa shape index (κ1) is 21.7. The van der Waals surface area contributed by atoms with Gasteiger partial charge in [-0.3, -0.25) is 4.79 Å². The van der Waals surface area contributed by atoms with Gasteiger partial charge in [0.1, 0.15) is 5.75 Å². The Morgan fingerprint density at radius 2 is 1.89 bits per heavy atom. The number of nitrogens with one attached hydrogen (secondary N) is 1. The van der Waals surface area contributed by atoms with Crippen LogP contribution in [0.15, 0.2) is 23.1 Å². The lowest BCUT2D eigenvalue weighted by atomic mass is 10.1. The molecule has 0 radical (unpaired) electrons. The van der Waals surface area contributed by atoms with Crippen molar-refractivity contribution in [1.29, 1.82) is 0 Å². The fourth-order valence-corrected chi connectivity index (χ4v) is 4.42. The lowest BCUT2D eigenvalue weighted by Crippen LogP contribution is -2.40. The van der Waals surface area contributed by atoms with Gasteiger partial charge in [-0.25, -0.2) is 8.42 Å². The van der Waals surface area contributed by atoms with Crippen LogP contribution in [0.4, 0.5) is 5.69 Å². The van der Waals surface area contributed by atoms with Gasteiger partial charge < -0.3 is 14.8 Å². The predicted molar refractivity (Wildman–Crippen MR) is 105 cm³/mol. The molecule has 1 N–H and O–H groups in total. The number of benzene rings is 1. The summed E-state index contributed by atoms with van der Waals surface area (Å²) >= 11 is 0. The number of carbonyl (C=O) groups is 1. The minimum Gasteiger partial charge on any atom is -0.495 e. The van der Waals surface area contributed by atoms with Crippen molar-refractivity contribution in [3.63, 3.8) is 0 Å². The zero-order valence-electron chi connectivity index (χ0n) is 16.2. The molecule has 7 nitrogen and oxygen atoms in total. The van der Waals surface area contributed by atoms with E-state index in [1.807, 2.05) is 0 Å². The second-order valence-electron chi connectivity index (χ2n) is 6.59. The van der Waals surface area contributed by atoms with Gasteiger partial charge >= 0.3 is 0 Å².